The minimum Gasteiger partial charge on any atom is -0.297 e. The average molecular weight is 257 g/mol. The van der Waals surface area contributed by atoms with Crippen molar-refractivity contribution in [2.45, 2.75) is 39.5 Å². The van der Waals surface area contributed by atoms with Crippen molar-refractivity contribution < 1.29 is 13.2 Å². The quantitative estimate of drug-likeness (QED) is 0.768. The zero-order chi connectivity index (χ0) is 13.3. The first-order valence-electron chi connectivity index (χ1n) is 5.77. The molecule has 0 amide bonds. The maximum absolute atomic E-state index is 12.2. The molecule has 1 rings (SSSR count). The van der Waals surface area contributed by atoms with E-state index in [9.17, 15) is 18.5 Å². The molecule has 0 saturated heterocycles. The van der Waals surface area contributed by atoms with Crippen LogP contribution in [0.5, 0.6) is 0 Å². The molecule has 17 heavy (non-hydrogen) atoms. The van der Waals surface area contributed by atoms with Crippen molar-refractivity contribution in [2.24, 2.45) is 10.8 Å². The first kappa shape index (κ1) is 14.2. The Morgan fingerprint density at radius 1 is 1.35 bits per heavy atom. The van der Waals surface area contributed by atoms with Crippen LogP contribution >= 0.6 is 0 Å². The summed E-state index contributed by atoms with van der Waals surface area (Å²) in [4.78, 5) is 12.2. The van der Waals surface area contributed by atoms with Gasteiger partial charge in [-0.25, -0.2) is 8.42 Å². The van der Waals surface area contributed by atoms with Gasteiger partial charge in [0.1, 0.15) is 15.3 Å². The highest BCUT2D eigenvalue weighted by atomic mass is 32.2. The summed E-state index contributed by atoms with van der Waals surface area (Å²) >= 11 is 0. The van der Waals surface area contributed by atoms with Crippen molar-refractivity contribution in [1.82, 2.24) is 0 Å². The lowest BCUT2D eigenvalue weighted by Gasteiger charge is -2.22. The van der Waals surface area contributed by atoms with E-state index in [0.717, 1.165) is 0 Å². The zero-order valence-corrected chi connectivity index (χ0v) is 11.4. The second-order valence-corrected chi connectivity index (χ2v) is 7.90. The fraction of sp³-hybridized carbons (Fsp3) is 0.833. The fourth-order valence-corrected chi connectivity index (χ4v) is 3.11. The minimum atomic E-state index is -3.02. The van der Waals surface area contributed by atoms with Gasteiger partial charge in [0.25, 0.3) is 0 Å². The Hall–Kier alpha value is -0.890. The van der Waals surface area contributed by atoms with Crippen LogP contribution in [0.25, 0.3) is 0 Å². The largest absolute Gasteiger partial charge is 0.297 e. The predicted molar refractivity (Wildman–Crippen MR) is 65.0 cm³/mol. The van der Waals surface area contributed by atoms with Crippen LogP contribution in [0.4, 0.5) is 0 Å². The van der Waals surface area contributed by atoms with E-state index in [-0.39, 0.29) is 11.5 Å². The molecule has 1 atom stereocenters. The standard InChI is InChI=1S/C12H19NO3S/c1-11(2)6-7-12(9-13,10(11)14)5-4-8-17(3,15)16/h4-8H2,1-3H3. The lowest BCUT2D eigenvalue weighted by Crippen LogP contribution is -2.31. The Labute approximate surface area is 103 Å². The van der Waals surface area contributed by atoms with Crippen molar-refractivity contribution >= 4 is 15.6 Å². The van der Waals surface area contributed by atoms with Crippen LogP contribution < -0.4 is 0 Å². The smallest absolute Gasteiger partial charge is 0.158 e. The molecule has 1 fully saturated rings. The van der Waals surface area contributed by atoms with Gasteiger partial charge >= 0.3 is 0 Å². The monoisotopic (exact) mass is 257 g/mol. The van der Waals surface area contributed by atoms with E-state index in [1.807, 2.05) is 13.8 Å². The van der Waals surface area contributed by atoms with E-state index in [4.69, 9.17) is 0 Å². The van der Waals surface area contributed by atoms with Gasteiger partial charge in [-0.1, -0.05) is 13.8 Å². The van der Waals surface area contributed by atoms with Gasteiger partial charge in [0.15, 0.2) is 5.78 Å². The highest BCUT2D eigenvalue weighted by molar-refractivity contribution is 7.90. The van der Waals surface area contributed by atoms with Gasteiger partial charge in [0.2, 0.25) is 0 Å². The molecule has 0 aromatic rings. The second-order valence-electron chi connectivity index (χ2n) is 5.64. The highest BCUT2D eigenvalue weighted by Gasteiger charge is 2.51. The highest BCUT2D eigenvalue weighted by Crippen LogP contribution is 2.47. The van der Waals surface area contributed by atoms with Crippen LogP contribution in [0.15, 0.2) is 0 Å². The van der Waals surface area contributed by atoms with E-state index in [1.165, 1.54) is 6.26 Å². The summed E-state index contributed by atoms with van der Waals surface area (Å²) in [6, 6.07) is 2.12. The maximum Gasteiger partial charge on any atom is 0.158 e. The lowest BCUT2D eigenvalue weighted by atomic mass is 9.78. The molecule has 1 aliphatic carbocycles. The number of carbonyl (C=O) groups is 1. The summed E-state index contributed by atoms with van der Waals surface area (Å²) in [7, 11) is -3.02. The van der Waals surface area contributed by atoms with E-state index in [2.05, 4.69) is 6.07 Å². The van der Waals surface area contributed by atoms with Crippen molar-refractivity contribution in [3.8, 4) is 6.07 Å². The summed E-state index contributed by atoms with van der Waals surface area (Å²) in [6.45, 7) is 3.70. The zero-order valence-electron chi connectivity index (χ0n) is 10.6. The third-order valence-corrected chi connectivity index (χ3v) is 4.59. The number of nitriles is 1. The molecule has 0 bridgehead atoms. The van der Waals surface area contributed by atoms with Gasteiger partial charge in [-0.05, 0) is 25.7 Å². The maximum atomic E-state index is 12.2. The third-order valence-electron chi connectivity index (χ3n) is 3.56. The summed E-state index contributed by atoms with van der Waals surface area (Å²) < 4.78 is 22.1. The first-order valence-corrected chi connectivity index (χ1v) is 7.83. The Morgan fingerprint density at radius 3 is 2.29 bits per heavy atom. The van der Waals surface area contributed by atoms with Crippen LogP contribution in [0.2, 0.25) is 0 Å². The summed E-state index contributed by atoms with van der Waals surface area (Å²) in [6.07, 6.45) is 3.18. The van der Waals surface area contributed by atoms with Gasteiger partial charge in [-0.15, -0.1) is 0 Å². The Bertz CT molecular complexity index is 459. The van der Waals surface area contributed by atoms with Crippen LogP contribution in [-0.2, 0) is 14.6 Å². The number of hydrogen-bond donors (Lipinski definition) is 0. The molecule has 96 valence electrons. The van der Waals surface area contributed by atoms with E-state index in [0.29, 0.717) is 25.7 Å². The van der Waals surface area contributed by atoms with Gasteiger partial charge in [-0.2, -0.15) is 5.26 Å². The minimum absolute atomic E-state index is 0.0269. The molecular weight excluding hydrogens is 238 g/mol. The Kier molecular flexibility index (Phi) is 3.68. The van der Waals surface area contributed by atoms with Crippen molar-refractivity contribution in [3.05, 3.63) is 0 Å². The molecule has 0 N–H and O–H groups in total. The molecule has 0 spiro atoms. The second kappa shape index (κ2) is 4.41. The molecule has 1 unspecified atom stereocenters. The Balaban J connectivity index is 2.74. The fourth-order valence-electron chi connectivity index (χ4n) is 2.44. The summed E-state index contributed by atoms with van der Waals surface area (Å²) in [5.41, 5.74) is -1.39. The van der Waals surface area contributed by atoms with Gasteiger partial charge in [0.05, 0.1) is 6.07 Å². The summed E-state index contributed by atoms with van der Waals surface area (Å²) in [5, 5.41) is 9.23. The van der Waals surface area contributed by atoms with Gasteiger partial charge in [0, 0.05) is 17.4 Å². The molecule has 4 nitrogen and oxygen atoms in total. The van der Waals surface area contributed by atoms with E-state index < -0.39 is 20.7 Å². The number of Topliss-reactive ketones (excluding diaryl/α,β-unsaturated/α-hetero) is 1. The molecule has 1 aliphatic rings. The average Bonchev–Trinajstić information content (AvgIpc) is 2.41. The lowest BCUT2D eigenvalue weighted by molar-refractivity contribution is -0.130. The van der Waals surface area contributed by atoms with Crippen molar-refractivity contribution in [2.75, 3.05) is 12.0 Å². The SMILES string of the molecule is CC1(C)CCC(C#N)(CCCS(C)(=O)=O)C1=O. The number of hydrogen-bond acceptors (Lipinski definition) is 4. The van der Waals surface area contributed by atoms with Crippen LogP contribution in [0, 0.1) is 22.2 Å². The molecule has 0 aliphatic heterocycles. The molecule has 0 aromatic heterocycles. The molecule has 5 heteroatoms. The van der Waals surface area contributed by atoms with Crippen LogP contribution in [-0.4, -0.2) is 26.2 Å². The Morgan fingerprint density at radius 2 is 1.94 bits per heavy atom. The molecule has 1 saturated carbocycles. The molecule has 0 radical (unpaired) electrons. The normalized spacial score (nSPS) is 28.0. The van der Waals surface area contributed by atoms with Crippen molar-refractivity contribution in [1.29, 1.82) is 5.26 Å². The predicted octanol–water partition coefficient (Wildman–Crippen LogP) is 1.71. The van der Waals surface area contributed by atoms with Gasteiger partial charge < -0.3 is 0 Å². The molecular formula is C12H19NO3S. The summed E-state index contributed by atoms with van der Waals surface area (Å²) in [5.74, 6) is 0.0189. The number of rotatable bonds is 4. The van der Waals surface area contributed by atoms with Crippen LogP contribution in [0.3, 0.4) is 0 Å². The number of nitrogens with zero attached hydrogens (tertiary/aromatic N) is 1. The van der Waals surface area contributed by atoms with Gasteiger partial charge in [-0.3, -0.25) is 4.79 Å². The third kappa shape index (κ3) is 3.06. The number of sulfone groups is 1. The number of carbonyl (C=O) groups excluding carboxylic acids is 1. The molecule has 0 aromatic carbocycles. The van der Waals surface area contributed by atoms with Crippen LogP contribution in [0.1, 0.15) is 39.5 Å². The van der Waals surface area contributed by atoms with E-state index in [1.54, 1.807) is 0 Å². The number of ketones is 1. The molecule has 0 heterocycles. The van der Waals surface area contributed by atoms with E-state index >= 15 is 0 Å². The topological polar surface area (TPSA) is 75.0 Å². The van der Waals surface area contributed by atoms with Crippen molar-refractivity contribution in [3.63, 3.8) is 0 Å². The first-order chi connectivity index (χ1) is 7.63.